The highest BCUT2D eigenvalue weighted by atomic mass is 35.5. The molecule has 0 spiro atoms. The number of methoxy groups -OCH3 is 2. The third-order valence-electron chi connectivity index (χ3n) is 3.78. The molecule has 3 aromatic rings. The number of benzene rings is 2. The molecule has 0 saturated carbocycles. The number of nitrogens with one attached hydrogen (secondary N) is 1. The molecule has 0 aliphatic rings. The topological polar surface area (TPSA) is 60.5 Å². The van der Waals surface area contributed by atoms with Crippen LogP contribution in [0.4, 0.5) is 5.69 Å². The summed E-state index contributed by atoms with van der Waals surface area (Å²) in [6.07, 6.45) is 0. The zero-order valence-corrected chi connectivity index (χ0v) is 18.1. The van der Waals surface area contributed by atoms with Crippen LogP contribution in [0, 0.1) is 6.92 Å². The monoisotopic (exact) mass is 418 g/mol. The fourth-order valence-electron chi connectivity index (χ4n) is 2.47. The molecule has 148 valence electrons. The van der Waals surface area contributed by atoms with Crippen LogP contribution in [-0.4, -0.2) is 25.1 Å². The lowest BCUT2D eigenvalue weighted by atomic mass is 10.1. The molecule has 1 aromatic heterocycles. The van der Waals surface area contributed by atoms with E-state index in [-0.39, 0.29) is 5.91 Å². The van der Waals surface area contributed by atoms with Gasteiger partial charge in [-0.1, -0.05) is 25.4 Å². The van der Waals surface area contributed by atoms with Gasteiger partial charge in [0, 0.05) is 22.7 Å². The lowest BCUT2D eigenvalue weighted by molar-refractivity contribution is 0.102. The molecular formula is C21H23ClN2O3S. The molecule has 0 aliphatic carbocycles. The molecule has 1 amide bonds. The van der Waals surface area contributed by atoms with Gasteiger partial charge in [-0.05, 0) is 37.3 Å². The summed E-state index contributed by atoms with van der Waals surface area (Å²) in [6, 6.07) is 10.4. The van der Waals surface area contributed by atoms with Crippen LogP contribution in [0.15, 0.2) is 41.8 Å². The van der Waals surface area contributed by atoms with Crippen LogP contribution in [-0.2, 0) is 0 Å². The number of anilines is 1. The molecule has 0 aliphatic heterocycles. The van der Waals surface area contributed by atoms with E-state index < -0.39 is 0 Å². The Morgan fingerprint density at radius 2 is 1.86 bits per heavy atom. The van der Waals surface area contributed by atoms with E-state index in [9.17, 15) is 4.79 Å². The molecule has 1 heterocycles. The van der Waals surface area contributed by atoms with Crippen molar-refractivity contribution >= 4 is 34.5 Å². The lowest BCUT2D eigenvalue weighted by Gasteiger charge is -2.11. The summed E-state index contributed by atoms with van der Waals surface area (Å²) in [5.74, 6) is 0.754. The van der Waals surface area contributed by atoms with Crippen molar-refractivity contribution in [2.45, 2.75) is 20.8 Å². The Kier molecular flexibility index (Phi) is 7.84. The summed E-state index contributed by atoms with van der Waals surface area (Å²) < 4.78 is 10.4. The van der Waals surface area contributed by atoms with Gasteiger partial charge in [-0.3, -0.25) is 4.79 Å². The largest absolute Gasteiger partial charge is 0.497 e. The maximum Gasteiger partial charge on any atom is 0.259 e. The summed E-state index contributed by atoms with van der Waals surface area (Å²) in [5, 5.41) is 6.28. The molecule has 0 unspecified atom stereocenters. The van der Waals surface area contributed by atoms with Crippen LogP contribution in [0.3, 0.4) is 0 Å². The highest BCUT2D eigenvalue weighted by Gasteiger charge is 2.15. The fraction of sp³-hybridized carbons (Fsp3) is 0.238. The summed E-state index contributed by atoms with van der Waals surface area (Å²) in [7, 11) is 3.06. The van der Waals surface area contributed by atoms with E-state index in [2.05, 4.69) is 10.3 Å². The Bertz CT molecular complexity index is 957. The summed E-state index contributed by atoms with van der Waals surface area (Å²) in [5.41, 5.74) is 2.65. The van der Waals surface area contributed by atoms with E-state index >= 15 is 0 Å². The van der Waals surface area contributed by atoms with Gasteiger partial charge in [-0.2, -0.15) is 0 Å². The number of aryl methyl sites for hydroxylation is 1. The number of halogens is 1. The second kappa shape index (κ2) is 10.1. The van der Waals surface area contributed by atoms with E-state index in [4.69, 9.17) is 21.1 Å². The lowest BCUT2D eigenvalue weighted by Crippen LogP contribution is -2.13. The standard InChI is InChI=1S/C19H17ClN2O3S.C2H6/c1-11-21-17(10-26-11)14-6-4-12(8-16(14)20)22-19(23)15-7-5-13(24-2)9-18(15)25-3;1-2/h4-10H,1-3H3,(H,22,23);1-2H3. The van der Waals surface area contributed by atoms with Crippen LogP contribution in [0.5, 0.6) is 11.5 Å². The molecule has 1 N–H and O–H groups in total. The van der Waals surface area contributed by atoms with E-state index in [0.29, 0.717) is 27.8 Å². The van der Waals surface area contributed by atoms with Gasteiger partial charge >= 0.3 is 0 Å². The third kappa shape index (κ3) is 5.03. The second-order valence-corrected chi connectivity index (χ2v) is 6.94. The van der Waals surface area contributed by atoms with Crippen LogP contribution >= 0.6 is 22.9 Å². The number of nitrogens with zero attached hydrogens (tertiary/aromatic N) is 1. The van der Waals surface area contributed by atoms with Crippen molar-refractivity contribution in [3.63, 3.8) is 0 Å². The fourth-order valence-corrected chi connectivity index (χ4v) is 3.36. The van der Waals surface area contributed by atoms with Crippen molar-refractivity contribution in [3.8, 4) is 22.8 Å². The van der Waals surface area contributed by atoms with E-state index in [1.165, 1.54) is 7.11 Å². The molecule has 2 aromatic carbocycles. The van der Waals surface area contributed by atoms with Crippen molar-refractivity contribution in [2.24, 2.45) is 0 Å². The highest BCUT2D eigenvalue weighted by Crippen LogP contribution is 2.32. The third-order valence-corrected chi connectivity index (χ3v) is 4.86. The maximum absolute atomic E-state index is 12.6. The number of hydrogen-bond donors (Lipinski definition) is 1. The minimum absolute atomic E-state index is 0.294. The summed E-state index contributed by atoms with van der Waals surface area (Å²) >= 11 is 7.94. The molecule has 0 atom stereocenters. The number of rotatable bonds is 5. The number of aromatic nitrogens is 1. The molecule has 7 heteroatoms. The first-order chi connectivity index (χ1) is 13.5. The molecule has 0 fully saturated rings. The van der Waals surface area contributed by atoms with Gasteiger partial charge < -0.3 is 14.8 Å². The van der Waals surface area contributed by atoms with E-state index in [1.807, 2.05) is 32.2 Å². The van der Waals surface area contributed by atoms with E-state index in [0.717, 1.165) is 16.3 Å². The van der Waals surface area contributed by atoms with Gasteiger partial charge in [0.25, 0.3) is 5.91 Å². The first-order valence-corrected chi connectivity index (χ1v) is 10.0. The number of carbonyl (C=O) groups is 1. The van der Waals surface area contributed by atoms with Crippen molar-refractivity contribution in [1.82, 2.24) is 4.98 Å². The van der Waals surface area contributed by atoms with Crippen LogP contribution < -0.4 is 14.8 Å². The Labute approximate surface area is 174 Å². The first kappa shape index (κ1) is 21.7. The van der Waals surface area contributed by atoms with Gasteiger partial charge in [0.2, 0.25) is 0 Å². The molecule has 28 heavy (non-hydrogen) atoms. The molecule has 0 radical (unpaired) electrons. The molecular weight excluding hydrogens is 396 g/mol. The van der Waals surface area contributed by atoms with Crippen molar-refractivity contribution in [3.05, 3.63) is 57.4 Å². The predicted octanol–water partition coefficient (Wildman–Crippen LogP) is 6.07. The Morgan fingerprint density at radius 3 is 2.43 bits per heavy atom. The highest BCUT2D eigenvalue weighted by molar-refractivity contribution is 7.09. The number of hydrogen-bond acceptors (Lipinski definition) is 5. The van der Waals surface area contributed by atoms with Gasteiger partial charge in [0.05, 0.1) is 35.5 Å². The van der Waals surface area contributed by atoms with Crippen molar-refractivity contribution < 1.29 is 14.3 Å². The number of ether oxygens (including phenoxy) is 2. The van der Waals surface area contributed by atoms with Gasteiger partial charge in [-0.15, -0.1) is 11.3 Å². The number of amides is 1. The Balaban J connectivity index is 0.00000136. The van der Waals surface area contributed by atoms with E-state index in [1.54, 1.807) is 48.8 Å². The van der Waals surface area contributed by atoms with Crippen LogP contribution in [0.25, 0.3) is 11.3 Å². The maximum atomic E-state index is 12.6. The quantitative estimate of drug-likeness (QED) is 0.546. The van der Waals surface area contributed by atoms with Gasteiger partial charge in [-0.25, -0.2) is 4.98 Å². The first-order valence-electron chi connectivity index (χ1n) is 8.77. The second-order valence-electron chi connectivity index (χ2n) is 5.47. The van der Waals surface area contributed by atoms with Gasteiger partial charge in [0.1, 0.15) is 11.5 Å². The normalized spacial score (nSPS) is 9.93. The van der Waals surface area contributed by atoms with Crippen molar-refractivity contribution in [1.29, 1.82) is 0 Å². The zero-order valence-electron chi connectivity index (χ0n) is 16.5. The summed E-state index contributed by atoms with van der Waals surface area (Å²) in [4.78, 5) is 17.0. The van der Waals surface area contributed by atoms with Crippen LogP contribution in [0.1, 0.15) is 29.2 Å². The van der Waals surface area contributed by atoms with Crippen molar-refractivity contribution in [2.75, 3.05) is 19.5 Å². The molecule has 5 nitrogen and oxygen atoms in total. The molecule has 3 rings (SSSR count). The van der Waals surface area contributed by atoms with Gasteiger partial charge in [0.15, 0.2) is 0 Å². The minimum atomic E-state index is -0.294. The number of carbonyl (C=O) groups excluding carboxylic acids is 1. The minimum Gasteiger partial charge on any atom is -0.497 e. The Hall–Kier alpha value is -2.57. The zero-order chi connectivity index (χ0) is 20.7. The summed E-state index contributed by atoms with van der Waals surface area (Å²) in [6.45, 7) is 5.94. The number of thiazole rings is 1. The SMILES string of the molecule is CC.COc1ccc(C(=O)Nc2ccc(-c3csc(C)n3)c(Cl)c2)c(OC)c1. The Morgan fingerprint density at radius 1 is 1.11 bits per heavy atom. The molecule has 0 saturated heterocycles. The average Bonchev–Trinajstić information content (AvgIpc) is 3.15. The average molecular weight is 419 g/mol. The smallest absolute Gasteiger partial charge is 0.259 e. The molecule has 0 bridgehead atoms. The van der Waals surface area contributed by atoms with Crippen LogP contribution in [0.2, 0.25) is 5.02 Å². The predicted molar refractivity (Wildman–Crippen MR) is 116 cm³/mol.